The van der Waals surface area contributed by atoms with E-state index in [1.807, 2.05) is 4.57 Å². The van der Waals surface area contributed by atoms with E-state index in [-0.39, 0.29) is 12.0 Å². The summed E-state index contributed by atoms with van der Waals surface area (Å²) in [6, 6.07) is 13.0. The first-order chi connectivity index (χ1) is 14.2. The van der Waals surface area contributed by atoms with Crippen LogP contribution < -0.4 is 5.32 Å². The fourth-order valence-electron chi connectivity index (χ4n) is 4.09. The molecule has 0 aliphatic heterocycles. The quantitative estimate of drug-likeness (QED) is 0.665. The number of fused-ring (bicyclic) bond motifs is 1. The summed E-state index contributed by atoms with van der Waals surface area (Å²) in [6.07, 6.45) is 2.72. The largest absolute Gasteiger partial charge is 0.385 e. The van der Waals surface area contributed by atoms with Gasteiger partial charge in [0, 0.05) is 5.54 Å². The predicted molar refractivity (Wildman–Crippen MR) is 111 cm³/mol. The number of carbonyl (C=O) groups is 1. The van der Waals surface area contributed by atoms with Crippen molar-refractivity contribution in [3.8, 4) is 6.07 Å². The molecule has 7 heteroatoms. The topological polar surface area (TPSA) is 90.9 Å². The lowest BCUT2D eigenvalue weighted by molar-refractivity contribution is -0.120. The first kappa shape index (κ1) is 20.0. The Kier molecular flexibility index (Phi) is 4.83. The fraction of sp³-hybridized carbons (Fsp3) is 0.348. The van der Waals surface area contributed by atoms with Gasteiger partial charge in [0.25, 0.3) is 0 Å². The molecule has 2 N–H and O–H groups in total. The third kappa shape index (κ3) is 3.55. The Labute approximate surface area is 174 Å². The van der Waals surface area contributed by atoms with Gasteiger partial charge in [0.1, 0.15) is 5.82 Å². The summed E-state index contributed by atoms with van der Waals surface area (Å²) in [7, 11) is 0. The summed E-state index contributed by atoms with van der Waals surface area (Å²) in [5, 5.41) is 22.9. The number of anilines is 1. The number of amides is 1. The zero-order valence-electron chi connectivity index (χ0n) is 16.9. The molecule has 1 aromatic heterocycles. The number of imidazole rings is 1. The van der Waals surface area contributed by atoms with Gasteiger partial charge >= 0.3 is 0 Å². The van der Waals surface area contributed by atoms with Gasteiger partial charge in [-0.05, 0) is 69.0 Å². The second-order valence-corrected chi connectivity index (χ2v) is 8.45. The van der Waals surface area contributed by atoms with E-state index in [1.165, 1.54) is 25.1 Å². The molecule has 30 heavy (non-hydrogen) atoms. The van der Waals surface area contributed by atoms with Crippen LogP contribution in [0.4, 0.5) is 10.3 Å². The maximum absolute atomic E-state index is 13.5. The van der Waals surface area contributed by atoms with Crippen LogP contribution in [0.15, 0.2) is 42.5 Å². The number of aromatic nitrogens is 2. The molecule has 4 rings (SSSR count). The van der Waals surface area contributed by atoms with Crippen molar-refractivity contribution in [2.45, 2.75) is 50.7 Å². The molecule has 2 aromatic carbocycles. The lowest BCUT2D eigenvalue weighted by Gasteiger charge is -2.41. The van der Waals surface area contributed by atoms with E-state index in [1.54, 1.807) is 24.3 Å². The molecule has 0 bridgehead atoms. The van der Waals surface area contributed by atoms with Crippen molar-refractivity contribution in [3.05, 3.63) is 59.4 Å². The summed E-state index contributed by atoms with van der Waals surface area (Å²) in [5.74, 6) is -0.507. The Morgan fingerprint density at radius 2 is 2.13 bits per heavy atom. The van der Waals surface area contributed by atoms with Crippen LogP contribution in [0.1, 0.15) is 50.7 Å². The first-order valence-corrected chi connectivity index (χ1v) is 9.93. The molecule has 6 nitrogen and oxygen atoms in total. The molecule has 1 saturated carbocycles. The maximum Gasteiger partial charge on any atom is 0.229 e. The van der Waals surface area contributed by atoms with Crippen molar-refractivity contribution >= 4 is 22.9 Å². The van der Waals surface area contributed by atoms with Crippen molar-refractivity contribution in [3.63, 3.8) is 0 Å². The average Bonchev–Trinajstić information content (AvgIpc) is 3.02. The van der Waals surface area contributed by atoms with Gasteiger partial charge in [0.05, 0.1) is 34.7 Å². The number of hydrogen-bond acceptors (Lipinski definition) is 4. The van der Waals surface area contributed by atoms with Crippen molar-refractivity contribution < 1.29 is 14.3 Å². The molecule has 154 valence electrons. The number of nitrogens with one attached hydrogen (secondary N) is 1. The molecule has 1 atom stereocenters. The number of benzene rings is 2. The predicted octanol–water partition coefficient (Wildman–Crippen LogP) is 4.18. The number of hydrogen-bond donors (Lipinski definition) is 2. The van der Waals surface area contributed by atoms with E-state index in [4.69, 9.17) is 0 Å². The van der Waals surface area contributed by atoms with E-state index >= 15 is 0 Å². The van der Waals surface area contributed by atoms with Crippen LogP contribution in [-0.2, 0) is 15.9 Å². The van der Waals surface area contributed by atoms with Crippen LogP contribution in [0.5, 0.6) is 0 Å². The van der Waals surface area contributed by atoms with Crippen LogP contribution in [0.25, 0.3) is 11.0 Å². The molecular formula is C23H23FN4O2. The second-order valence-electron chi connectivity index (χ2n) is 8.45. The Bertz CT molecular complexity index is 1170. The van der Waals surface area contributed by atoms with Gasteiger partial charge in [-0.15, -0.1) is 0 Å². The van der Waals surface area contributed by atoms with Gasteiger partial charge in [-0.3, -0.25) is 10.1 Å². The summed E-state index contributed by atoms with van der Waals surface area (Å²) >= 11 is 0. The zero-order valence-corrected chi connectivity index (χ0v) is 16.9. The minimum absolute atomic E-state index is 0.198. The molecule has 1 amide bonds. The number of nitriles is 1. The lowest BCUT2D eigenvalue weighted by Crippen LogP contribution is -2.38. The smallest absolute Gasteiger partial charge is 0.229 e. The summed E-state index contributed by atoms with van der Waals surface area (Å²) in [6.45, 7) is 3.59. The molecule has 1 aliphatic rings. The van der Waals surface area contributed by atoms with E-state index in [0.29, 0.717) is 22.6 Å². The third-order valence-electron chi connectivity index (χ3n) is 5.96. The van der Waals surface area contributed by atoms with Crippen LogP contribution in [0.2, 0.25) is 0 Å². The molecule has 0 spiro atoms. The minimum Gasteiger partial charge on any atom is -0.385 e. The van der Waals surface area contributed by atoms with Gasteiger partial charge in [-0.25, -0.2) is 9.37 Å². The number of aliphatic hydroxyl groups is 1. The average molecular weight is 406 g/mol. The normalized spacial score (nSPS) is 17.0. The molecule has 1 fully saturated rings. The highest BCUT2D eigenvalue weighted by Gasteiger charge is 2.37. The van der Waals surface area contributed by atoms with Crippen molar-refractivity contribution in [1.29, 1.82) is 5.26 Å². The lowest BCUT2D eigenvalue weighted by atomic mass is 9.78. The standard InChI is InChI=1S/C23H23FN4O2/c1-22(9-4-10-22)28-19-11-15(14-25)7-8-18(19)26-21(28)27-20(29)13-23(2,30)16-5-3-6-17(24)12-16/h3,5-8,11-12,30H,4,9-10,13H2,1-2H3,(H,26,27,29)/t23-/m1/s1. The van der Waals surface area contributed by atoms with Gasteiger partial charge in [0.2, 0.25) is 11.9 Å². The number of rotatable bonds is 5. The SMILES string of the molecule is CC1(n2c(NC(=O)C[C@@](C)(O)c3cccc(F)c3)nc3ccc(C#N)cc32)CCC1. The number of nitrogens with zero attached hydrogens (tertiary/aromatic N) is 3. The molecule has 0 saturated heterocycles. The second kappa shape index (κ2) is 7.22. The molecule has 3 aromatic rings. The van der Waals surface area contributed by atoms with Crippen molar-refractivity contribution in [1.82, 2.24) is 9.55 Å². The van der Waals surface area contributed by atoms with Gasteiger partial charge in [-0.1, -0.05) is 12.1 Å². The Morgan fingerprint density at radius 1 is 1.37 bits per heavy atom. The fourth-order valence-corrected chi connectivity index (χ4v) is 4.09. The van der Waals surface area contributed by atoms with Gasteiger partial charge < -0.3 is 9.67 Å². The summed E-state index contributed by atoms with van der Waals surface area (Å²) < 4.78 is 15.5. The monoisotopic (exact) mass is 406 g/mol. The highest BCUT2D eigenvalue weighted by atomic mass is 19.1. The van der Waals surface area contributed by atoms with Crippen molar-refractivity contribution in [2.24, 2.45) is 0 Å². The Morgan fingerprint density at radius 3 is 2.77 bits per heavy atom. The molecule has 0 radical (unpaired) electrons. The molecule has 1 aliphatic carbocycles. The number of halogens is 1. The first-order valence-electron chi connectivity index (χ1n) is 9.93. The third-order valence-corrected chi connectivity index (χ3v) is 5.96. The van der Waals surface area contributed by atoms with Crippen LogP contribution in [0, 0.1) is 17.1 Å². The van der Waals surface area contributed by atoms with E-state index in [9.17, 15) is 19.6 Å². The van der Waals surface area contributed by atoms with E-state index in [2.05, 4.69) is 23.3 Å². The Balaban J connectivity index is 1.66. The number of carbonyl (C=O) groups excluding carboxylic acids is 1. The summed E-state index contributed by atoms with van der Waals surface area (Å²) in [5.41, 5.74) is 0.612. The maximum atomic E-state index is 13.5. The van der Waals surface area contributed by atoms with E-state index in [0.717, 1.165) is 24.8 Å². The highest BCUT2D eigenvalue weighted by molar-refractivity contribution is 5.92. The van der Waals surface area contributed by atoms with E-state index < -0.39 is 17.3 Å². The van der Waals surface area contributed by atoms with Gasteiger partial charge in [-0.2, -0.15) is 5.26 Å². The highest BCUT2D eigenvalue weighted by Crippen LogP contribution is 2.43. The molecular weight excluding hydrogens is 383 g/mol. The summed E-state index contributed by atoms with van der Waals surface area (Å²) in [4.78, 5) is 17.4. The Hall–Kier alpha value is -3.24. The molecule has 1 heterocycles. The van der Waals surface area contributed by atoms with Gasteiger partial charge in [0.15, 0.2) is 0 Å². The molecule has 0 unspecified atom stereocenters. The zero-order chi connectivity index (χ0) is 21.5. The minimum atomic E-state index is -1.53. The van der Waals surface area contributed by atoms with Crippen LogP contribution in [0.3, 0.4) is 0 Å². The van der Waals surface area contributed by atoms with Crippen LogP contribution in [-0.4, -0.2) is 20.6 Å². The van der Waals surface area contributed by atoms with Crippen LogP contribution >= 0.6 is 0 Å². The van der Waals surface area contributed by atoms with Crippen molar-refractivity contribution in [2.75, 3.05) is 5.32 Å².